The Morgan fingerprint density at radius 3 is 2.50 bits per heavy atom. The lowest BCUT2D eigenvalue weighted by molar-refractivity contribution is -0.137. The van der Waals surface area contributed by atoms with Crippen LogP contribution in [0.3, 0.4) is 0 Å². The second-order valence-corrected chi connectivity index (χ2v) is 9.09. The van der Waals surface area contributed by atoms with Gasteiger partial charge < -0.3 is 4.90 Å². The molecule has 0 bridgehead atoms. The molecular formula is C23H18Cl2F3NS. The smallest absolute Gasteiger partial charge is 0.363 e. The first-order valence-corrected chi connectivity index (χ1v) is 11.0. The van der Waals surface area contributed by atoms with Gasteiger partial charge in [0.15, 0.2) is 0 Å². The Balaban J connectivity index is 1.67. The summed E-state index contributed by atoms with van der Waals surface area (Å²) < 4.78 is 39.1. The third kappa shape index (κ3) is 4.25. The van der Waals surface area contributed by atoms with Gasteiger partial charge in [-0.2, -0.15) is 13.2 Å². The van der Waals surface area contributed by atoms with Gasteiger partial charge in [-0.25, -0.2) is 0 Å². The topological polar surface area (TPSA) is 3.24 Å². The molecule has 0 aliphatic carbocycles. The zero-order valence-corrected chi connectivity index (χ0v) is 18.2. The molecule has 0 spiro atoms. The first kappa shape index (κ1) is 21.3. The van der Waals surface area contributed by atoms with Gasteiger partial charge in [-0.05, 0) is 58.8 Å². The summed E-state index contributed by atoms with van der Waals surface area (Å²) in [6, 6.07) is 12.7. The van der Waals surface area contributed by atoms with E-state index in [2.05, 4.69) is 17.5 Å². The van der Waals surface area contributed by atoms with Crippen LogP contribution in [0.25, 0.3) is 0 Å². The molecule has 0 amide bonds. The fourth-order valence-corrected chi connectivity index (χ4v) is 5.24. The lowest BCUT2D eigenvalue weighted by atomic mass is 9.91. The lowest BCUT2D eigenvalue weighted by Gasteiger charge is -2.39. The Morgan fingerprint density at radius 1 is 1.10 bits per heavy atom. The van der Waals surface area contributed by atoms with Gasteiger partial charge in [0, 0.05) is 33.6 Å². The van der Waals surface area contributed by atoms with Crippen LogP contribution in [0.1, 0.15) is 33.2 Å². The minimum Gasteiger partial charge on any atom is -0.363 e. The molecule has 1 aliphatic rings. The maximum atomic E-state index is 13.0. The molecule has 1 nitrogen and oxygen atoms in total. The van der Waals surface area contributed by atoms with Crippen LogP contribution >= 0.6 is 34.5 Å². The van der Waals surface area contributed by atoms with Gasteiger partial charge in [0.2, 0.25) is 0 Å². The zero-order chi connectivity index (χ0) is 21.5. The van der Waals surface area contributed by atoms with Crippen molar-refractivity contribution in [3.8, 4) is 0 Å². The molecular weight excluding hydrogens is 450 g/mol. The summed E-state index contributed by atoms with van der Waals surface area (Å²) >= 11 is 14.0. The molecule has 7 heteroatoms. The molecule has 1 aliphatic heterocycles. The molecule has 1 aromatic heterocycles. The van der Waals surface area contributed by atoms with Crippen LogP contribution in [0, 0.1) is 0 Å². The van der Waals surface area contributed by atoms with E-state index in [4.69, 9.17) is 23.2 Å². The van der Waals surface area contributed by atoms with E-state index in [0.717, 1.165) is 47.5 Å². The fraction of sp³-hybridized carbons (Fsp3) is 0.217. The first-order chi connectivity index (χ1) is 14.2. The number of benzene rings is 2. The second-order valence-electron chi connectivity index (χ2n) is 7.24. The quantitative estimate of drug-likeness (QED) is 0.378. The molecule has 0 radical (unpaired) electrons. The number of nitrogens with zero attached hydrogens (tertiary/aromatic N) is 1. The number of halogens is 5. The van der Waals surface area contributed by atoms with E-state index in [-0.39, 0.29) is 6.04 Å². The van der Waals surface area contributed by atoms with Crippen molar-refractivity contribution < 1.29 is 13.2 Å². The number of allylic oxidation sites excluding steroid dienone is 1. The van der Waals surface area contributed by atoms with E-state index in [1.54, 1.807) is 35.6 Å². The Labute approximate surface area is 187 Å². The summed E-state index contributed by atoms with van der Waals surface area (Å²) in [5.74, 6) is 0. The van der Waals surface area contributed by atoms with Crippen molar-refractivity contribution in [1.29, 1.82) is 0 Å². The summed E-state index contributed by atoms with van der Waals surface area (Å²) in [4.78, 5) is 3.43. The molecule has 0 saturated carbocycles. The number of rotatable bonds is 4. The van der Waals surface area contributed by atoms with Gasteiger partial charge in [0.1, 0.15) is 0 Å². The Kier molecular flexibility index (Phi) is 5.88. The van der Waals surface area contributed by atoms with Gasteiger partial charge in [-0.15, -0.1) is 11.3 Å². The van der Waals surface area contributed by atoms with Crippen LogP contribution < -0.4 is 0 Å². The highest BCUT2D eigenvalue weighted by Gasteiger charge is 2.33. The van der Waals surface area contributed by atoms with Crippen LogP contribution in [-0.2, 0) is 19.0 Å². The average molecular weight is 468 g/mol. The SMILES string of the molecule is C=C(Cc1ccc(Cl)cc1Cl)N1CCc2sccc2C1c1ccc(C(F)(F)F)cc1. The predicted octanol–water partition coefficient (Wildman–Crippen LogP) is 7.78. The second kappa shape index (κ2) is 8.29. The molecule has 2 heterocycles. The fourth-order valence-electron chi connectivity index (χ4n) is 3.86. The minimum atomic E-state index is -4.35. The molecule has 30 heavy (non-hydrogen) atoms. The average Bonchev–Trinajstić information content (AvgIpc) is 3.17. The van der Waals surface area contributed by atoms with E-state index in [0.29, 0.717) is 16.5 Å². The third-order valence-electron chi connectivity index (χ3n) is 5.34. The van der Waals surface area contributed by atoms with Crippen molar-refractivity contribution in [3.05, 3.63) is 103 Å². The summed E-state index contributed by atoms with van der Waals surface area (Å²) in [6.45, 7) is 5.02. The number of alkyl halides is 3. The number of hydrogen-bond acceptors (Lipinski definition) is 2. The highest BCUT2D eigenvalue weighted by molar-refractivity contribution is 7.10. The zero-order valence-electron chi connectivity index (χ0n) is 15.8. The largest absolute Gasteiger partial charge is 0.416 e. The van der Waals surface area contributed by atoms with Crippen molar-refractivity contribution >= 4 is 34.5 Å². The van der Waals surface area contributed by atoms with Crippen LogP contribution in [0.4, 0.5) is 13.2 Å². The minimum absolute atomic E-state index is 0.180. The normalized spacial score (nSPS) is 16.4. The van der Waals surface area contributed by atoms with E-state index >= 15 is 0 Å². The van der Waals surface area contributed by atoms with Crippen molar-refractivity contribution in [2.24, 2.45) is 0 Å². The molecule has 0 N–H and O–H groups in total. The van der Waals surface area contributed by atoms with E-state index in [1.165, 1.54) is 4.88 Å². The molecule has 3 aromatic rings. The van der Waals surface area contributed by atoms with Crippen molar-refractivity contribution in [1.82, 2.24) is 4.90 Å². The van der Waals surface area contributed by atoms with Gasteiger partial charge in [-0.3, -0.25) is 0 Å². The molecule has 0 saturated heterocycles. The Morgan fingerprint density at radius 2 is 1.83 bits per heavy atom. The van der Waals surface area contributed by atoms with Crippen LogP contribution in [0.15, 0.2) is 66.2 Å². The molecule has 1 unspecified atom stereocenters. The molecule has 4 rings (SSSR count). The molecule has 0 fully saturated rings. The standard InChI is InChI=1S/C23H18Cl2F3NS/c1-14(12-16-4-7-18(24)13-20(16)25)29-10-8-21-19(9-11-30-21)22(29)15-2-5-17(6-3-15)23(26,27)28/h2-7,9,11,13,22H,1,8,10,12H2. The van der Waals surface area contributed by atoms with E-state index < -0.39 is 11.7 Å². The molecule has 1 atom stereocenters. The van der Waals surface area contributed by atoms with Crippen LogP contribution in [-0.4, -0.2) is 11.4 Å². The van der Waals surface area contributed by atoms with Crippen molar-refractivity contribution in [3.63, 3.8) is 0 Å². The number of fused-ring (bicyclic) bond motifs is 1. The predicted molar refractivity (Wildman–Crippen MR) is 117 cm³/mol. The van der Waals surface area contributed by atoms with Crippen molar-refractivity contribution in [2.45, 2.75) is 25.1 Å². The Bertz CT molecular complexity index is 1070. The third-order valence-corrected chi connectivity index (χ3v) is 6.92. The number of thiophene rings is 1. The summed E-state index contributed by atoms with van der Waals surface area (Å²) in [7, 11) is 0. The van der Waals surface area contributed by atoms with E-state index in [9.17, 15) is 13.2 Å². The highest BCUT2D eigenvalue weighted by atomic mass is 35.5. The highest BCUT2D eigenvalue weighted by Crippen LogP contribution is 2.41. The molecule has 156 valence electrons. The van der Waals surface area contributed by atoms with Crippen LogP contribution in [0.5, 0.6) is 0 Å². The monoisotopic (exact) mass is 467 g/mol. The summed E-state index contributed by atoms with van der Waals surface area (Å²) in [6.07, 6.45) is -2.95. The van der Waals surface area contributed by atoms with Gasteiger partial charge >= 0.3 is 6.18 Å². The maximum Gasteiger partial charge on any atom is 0.416 e. The molecule has 2 aromatic carbocycles. The van der Waals surface area contributed by atoms with Gasteiger partial charge in [-0.1, -0.05) is 48.0 Å². The van der Waals surface area contributed by atoms with Gasteiger partial charge in [0.25, 0.3) is 0 Å². The van der Waals surface area contributed by atoms with E-state index in [1.807, 2.05) is 11.4 Å². The summed E-state index contributed by atoms with van der Waals surface area (Å²) in [5, 5.41) is 3.17. The van der Waals surface area contributed by atoms with Crippen molar-refractivity contribution in [2.75, 3.05) is 6.54 Å². The first-order valence-electron chi connectivity index (χ1n) is 9.36. The number of hydrogen-bond donors (Lipinski definition) is 0. The lowest BCUT2D eigenvalue weighted by Crippen LogP contribution is -2.35. The summed E-state index contributed by atoms with van der Waals surface area (Å²) in [5.41, 5.74) is 3.06. The Hall–Kier alpha value is -1.95. The van der Waals surface area contributed by atoms with Gasteiger partial charge in [0.05, 0.1) is 11.6 Å². The van der Waals surface area contributed by atoms with Crippen LogP contribution in [0.2, 0.25) is 10.0 Å². The maximum absolute atomic E-state index is 13.0.